The molecule has 0 saturated carbocycles. The number of hydrogen-bond donors (Lipinski definition) is 2. The van der Waals surface area contributed by atoms with Crippen LogP contribution < -0.4 is 11.3 Å². The predicted octanol–water partition coefficient (Wildman–Crippen LogP) is -2.55. The fraction of sp³-hybridized carbons (Fsp3) is 0.125. The molecule has 2 heterocycles. The van der Waals surface area contributed by atoms with E-state index < -0.39 is 17.5 Å². The number of nitrogens with two attached hydrogens (primary N) is 1. The van der Waals surface area contributed by atoms with E-state index in [-0.39, 0.29) is 22.8 Å². The minimum absolute atomic E-state index is 0.185. The Hall–Kier alpha value is -3.11. The molecular formula is C8H6N8O3. The Bertz CT molecular complexity index is 690. The van der Waals surface area contributed by atoms with Crippen molar-refractivity contribution in [3.8, 4) is 0 Å². The molecule has 96 valence electrons. The molecule has 1 aliphatic carbocycles. The van der Waals surface area contributed by atoms with Gasteiger partial charge in [-0.05, 0) is 0 Å². The number of fused-ring (bicyclic) bond motifs is 2. The first-order valence-electron chi connectivity index (χ1n) is 5.04. The van der Waals surface area contributed by atoms with Crippen molar-refractivity contribution in [2.24, 2.45) is 0 Å². The summed E-state index contributed by atoms with van der Waals surface area (Å²) >= 11 is 0. The van der Waals surface area contributed by atoms with Gasteiger partial charge in [0, 0.05) is 6.92 Å². The second-order valence-electron chi connectivity index (χ2n) is 3.73. The first kappa shape index (κ1) is 11.0. The maximum atomic E-state index is 12.0. The zero-order chi connectivity index (χ0) is 13.7. The van der Waals surface area contributed by atoms with Crippen LogP contribution in [-0.4, -0.2) is 47.7 Å². The summed E-state index contributed by atoms with van der Waals surface area (Å²) in [5, 5.41) is 14.6. The number of aromatic nitrogens is 6. The number of hydrogen-bond acceptors (Lipinski definition) is 8. The van der Waals surface area contributed by atoms with Crippen LogP contribution in [0.15, 0.2) is 0 Å². The Kier molecular flexibility index (Phi) is 1.99. The Morgan fingerprint density at radius 3 is 1.84 bits per heavy atom. The number of ketones is 2. The number of nitrogens with zero attached hydrogens (tertiary/aromatic N) is 6. The van der Waals surface area contributed by atoms with Crippen LogP contribution in [0.4, 0.5) is 0 Å². The van der Waals surface area contributed by atoms with Gasteiger partial charge in [0.2, 0.25) is 17.5 Å². The Labute approximate surface area is 104 Å². The largest absolute Gasteiger partial charge is 0.306 e. The number of nitrogen functional groups attached to an aromatic ring is 1. The molecule has 0 unspecified atom stereocenters. The summed E-state index contributed by atoms with van der Waals surface area (Å²) in [5.41, 5.74) is 1.44. The molecule has 0 spiro atoms. The summed E-state index contributed by atoms with van der Waals surface area (Å²) < 4.78 is 0. The van der Waals surface area contributed by atoms with Gasteiger partial charge in [0.25, 0.3) is 0 Å². The monoisotopic (exact) mass is 262 g/mol. The summed E-state index contributed by atoms with van der Waals surface area (Å²) in [6, 6.07) is 0. The van der Waals surface area contributed by atoms with Crippen molar-refractivity contribution < 1.29 is 14.4 Å². The van der Waals surface area contributed by atoms with Crippen molar-refractivity contribution in [2.75, 3.05) is 11.3 Å². The predicted molar refractivity (Wildman–Crippen MR) is 57.1 cm³/mol. The molecule has 19 heavy (non-hydrogen) atoms. The Balaban J connectivity index is 2.13. The Morgan fingerprint density at radius 2 is 1.42 bits per heavy atom. The van der Waals surface area contributed by atoms with E-state index in [1.54, 1.807) is 0 Å². The fourth-order valence-electron chi connectivity index (χ4n) is 1.66. The van der Waals surface area contributed by atoms with E-state index in [0.29, 0.717) is 4.91 Å². The first-order chi connectivity index (χ1) is 8.97. The lowest BCUT2D eigenvalue weighted by Gasteiger charge is -2.02. The molecular weight excluding hydrogens is 256 g/mol. The lowest BCUT2D eigenvalue weighted by atomic mass is 10.00. The topological polar surface area (TPSA) is 151 Å². The van der Waals surface area contributed by atoms with Gasteiger partial charge in [-0.15, -0.1) is 20.4 Å². The van der Waals surface area contributed by atoms with Gasteiger partial charge >= 0.3 is 0 Å². The van der Waals surface area contributed by atoms with Crippen molar-refractivity contribution in [3.63, 3.8) is 0 Å². The highest BCUT2D eigenvalue weighted by Crippen LogP contribution is 2.21. The van der Waals surface area contributed by atoms with Gasteiger partial charge in [-0.1, -0.05) is 9.81 Å². The maximum absolute atomic E-state index is 12.0. The first-order valence-corrected chi connectivity index (χ1v) is 5.04. The molecule has 0 aromatic carbocycles. The van der Waals surface area contributed by atoms with Crippen LogP contribution in [0.25, 0.3) is 0 Å². The third-order valence-corrected chi connectivity index (χ3v) is 2.36. The molecule has 2 aromatic rings. The van der Waals surface area contributed by atoms with E-state index in [0.717, 1.165) is 4.91 Å². The van der Waals surface area contributed by atoms with Crippen LogP contribution in [0.3, 0.4) is 0 Å². The molecule has 11 nitrogen and oxygen atoms in total. The number of carbonyl (C=O) groups excluding carboxylic acids is 3. The van der Waals surface area contributed by atoms with E-state index >= 15 is 0 Å². The van der Waals surface area contributed by atoms with E-state index in [1.807, 2.05) is 0 Å². The highest BCUT2D eigenvalue weighted by molar-refractivity contribution is 6.25. The molecule has 1 amide bonds. The molecule has 1 aliphatic rings. The van der Waals surface area contributed by atoms with E-state index in [9.17, 15) is 14.4 Å². The minimum atomic E-state index is -0.627. The second-order valence-corrected chi connectivity index (χ2v) is 3.73. The SMILES string of the molecule is CC(=O)Nn1nc2c(n1)C(=O)c1nn(N)nc1C2=O. The number of amides is 1. The third kappa shape index (κ3) is 1.48. The molecule has 0 fully saturated rings. The zero-order valence-corrected chi connectivity index (χ0v) is 9.49. The summed E-state index contributed by atoms with van der Waals surface area (Å²) in [4.78, 5) is 36.3. The smallest absolute Gasteiger partial charge is 0.238 e. The van der Waals surface area contributed by atoms with Gasteiger partial charge in [0.05, 0.1) is 0 Å². The van der Waals surface area contributed by atoms with Gasteiger partial charge in [0.1, 0.15) is 0 Å². The molecule has 3 rings (SSSR count). The minimum Gasteiger partial charge on any atom is -0.306 e. The number of nitrogens with one attached hydrogen (secondary N) is 1. The Morgan fingerprint density at radius 1 is 1.00 bits per heavy atom. The van der Waals surface area contributed by atoms with Gasteiger partial charge in [-0.25, -0.2) is 5.43 Å². The van der Waals surface area contributed by atoms with E-state index in [1.165, 1.54) is 6.92 Å². The summed E-state index contributed by atoms with van der Waals surface area (Å²) in [5.74, 6) is 3.57. The summed E-state index contributed by atoms with van der Waals surface area (Å²) in [6.07, 6.45) is 0. The van der Waals surface area contributed by atoms with Gasteiger partial charge in [-0.3, -0.25) is 14.4 Å². The van der Waals surface area contributed by atoms with Crippen LogP contribution in [-0.2, 0) is 4.79 Å². The molecule has 0 saturated heterocycles. The standard InChI is InChI=1S/C8H6N8O3/c1-2(17)10-16-13-5-6(14-16)8(19)4-3(7(5)18)11-15(9)12-4/h9H2,1H3,(H,10,17). The molecule has 0 bridgehead atoms. The number of carbonyl (C=O) groups is 3. The zero-order valence-electron chi connectivity index (χ0n) is 9.49. The molecule has 0 atom stereocenters. The van der Waals surface area contributed by atoms with Crippen molar-refractivity contribution >= 4 is 17.5 Å². The van der Waals surface area contributed by atoms with Crippen LogP contribution in [0.5, 0.6) is 0 Å². The molecule has 2 aromatic heterocycles. The van der Waals surface area contributed by atoms with Crippen molar-refractivity contribution in [3.05, 3.63) is 22.8 Å². The van der Waals surface area contributed by atoms with Crippen molar-refractivity contribution in [1.29, 1.82) is 0 Å². The van der Waals surface area contributed by atoms with Gasteiger partial charge in [-0.2, -0.15) is 0 Å². The van der Waals surface area contributed by atoms with Gasteiger partial charge in [0.15, 0.2) is 22.8 Å². The van der Waals surface area contributed by atoms with Crippen LogP contribution in [0.1, 0.15) is 39.3 Å². The maximum Gasteiger partial charge on any atom is 0.238 e. The van der Waals surface area contributed by atoms with Crippen molar-refractivity contribution in [1.82, 2.24) is 30.2 Å². The van der Waals surface area contributed by atoms with Crippen LogP contribution >= 0.6 is 0 Å². The molecule has 11 heteroatoms. The second kappa shape index (κ2) is 3.44. The normalized spacial score (nSPS) is 13.1. The highest BCUT2D eigenvalue weighted by Gasteiger charge is 2.38. The molecule has 3 N–H and O–H groups in total. The molecule has 0 radical (unpaired) electrons. The van der Waals surface area contributed by atoms with Gasteiger partial charge < -0.3 is 5.84 Å². The van der Waals surface area contributed by atoms with E-state index in [2.05, 4.69) is 25.8 Å². The molecule has 0 aliphatic heterocycles. The average Bonchev–Trinajstić information content (AvgIpc) is 2.89. The van der Waals surface area contributed by atoms with E-state index in [4.69, 9.17) is 5.84 Å². The van der Waals surface area contributed by atoms with Crippen LogP contribution in [0.2, 0.25) is 0 Å². The summed E-state index contributed by atoms with van der Waals surface area (Å²) in [6.45, 7) is 1.24. The average molecular weight is 262 g/mol. The summed E-state index contributed by atoms with van der Waals surface area (Å²) in [7, 11) is 0. The number of rotatable bonds is 1. The fourth-order valence-corrected chi connectivity index (χ4v) is 1.66. The quantitative estimate of drug-likeness (QED) is 0.455. The third-order valence-electron chi connectivity index (χ3n) is 2.36. The highest BCUT2D eigenvalue weighted by atomic mass is 16.2. The lowest BCUT2D eigenvalue weighted by molar-refractivity contribution is -0.115. The van der Waals surface area contributed by atoms with Crippen molar-refractivity contribution in [2.45, 2.75) is 6.92 Å². The van der Waals surface area contributed by atoms with Crippen LogP contribution in [0, 0.1) is 0 Å². The lowest BCUT2D eigenvalue weighted by Crippen LogP contribution is -2.22.